The Labute approximate surface area is 227 Å². The number of aromatic nitrogens is 2. The Hall–Kier alpha value is -2.56. The van der Waals surface area contributed by atoms with Crippen molar-refractivity contribution in [3.63, 3.8) is 0 Å². The molecule has 37 heavy (non-hydrogen) atoms. The summed E-state index contributed by atoms with van der Waals surface area (Å²) in [6, 6.07) is 4.41. The molecule has 0 saturated heterocycles. The number of ether oxygens (including phenoxy) is 1. The van der Waals surface area contributed by atoms with Crippen molar-refractivity contribution in [2.45, 2.75) is 76.8 Å². The minimum absolute atomic E-state index is 0.0995. The summed E-state index contributed by atoms with van der Waals surface area (Å²) in [6.45, 7) is 12.2. The second-order valence-electron chi connectivity index (χ2n) is 11.1. The minimum Gasteiger partial charge on any atom is -0.448 e. The number of urea groups is 1. The summed E-state index contributed by atoms with van der Waals surface area (Å²) in [5.74, 6) is 0.157. The first-order valence-corrected chi connectivity index (χ1v) is 16.6. The van der Waals surface area contributed by atoms with Gasteiger partial charge in [0.1, 0.15) is 5.82 Å². The first kappa shape index (κ1) is 27.5. The lowest BCUT2D eigenvalue weighted by molar-refractivity contribution is -0.121. The number of carbonyl (C=O) groups excluding carboxylic acids is 3. The molecule has 200 valence electrons. The van der Waals surface area contributed by atoms with Gasteiger partial charge in [-0.1, -0.05) is 49.3 Å². The fourth-order valence-corrected chi connectivity index (χ4v) is 8.13. The van der Waals surface area contributed by atoms with E-state index in [9.17, 15) is 14.4 Å². The van der Waals surface area contributed by atoms with Crippen LogP contribution in [-0.2, 0) is 21.6 Å². The molecule has 3 amide bonds. The van der Waals surface area contributed by atoms with Crippen molar-refractivity contribution >= 4 is 60.8 Å². The third-order valence-corrected chi connectivity index (χ3v) is 11.9. The Morgan fingerprint density at radius 3 is 2.38 bits per heavy atom. The smallest absolute Gasteiger partial charge is 0.436 e. The monoisotopic (exact) mass is 565 g/mol. The van der Waals surface area contributed by atoms with E-state index in [2.05, 4.69) is 35.4 Å². The number of benzene rings is 1. The summed E-state index contributed by atoms with van der Waals surface area (Å²) < 4.78 is 6.34. The molecule has 2 N–H and O–H groups in total. The van der Waals surface area contributed by atoms with E-state index >= 15 is 0 Å². The maximum absolute atomic E-state index is 13.7. The zero-order valence-corrected chi connectivity index (χ0v) is 24.5. The van der Waals surface area contributed by atoms with E-state index in [1.807, 2.05) is 13.8 Å². The summed E-state index contributed by atoms with van der Waals surface area (Å²) >= 11 is 12.3. The molecule has 0 atom stereocenters. The zero-order valence-electron chi connectivity index (χ0n) is 22.0. The predicted octanol–water partition coefficient (Wildman–Crippen LogP) is 6.68. The molecule has 0 spiro atoms. The Bertz CT molecular complexity index is 1270. The molecule has 9 nitrogen and oxygen atoms in total. The Balaban J connectivity index is 1.69. The quantitative estimate of drug-likeness (QED) is 0.393. The molecule has 1 aliphatic carbocycles. The van der Waals surface area contributed by atoms with Gasteiger partial charge in [0.25, 0.3) is 0 Å². The maximum Gasteiger partial charge on any atom is 0.436 e. The van der Waals surface area contributed by atoms with Crippen LogP contribution in [0.3, 0.4) is 0 Å². The summed E-state index contributed by atoms with van der Waals surface area (Å²) in [5.41, 5.74) is 0.601. The first-order chi connectivity index (χ1) is 17.2. The van der Waals surface area contributed by atoms with Crippen molar-refractivity contribution in [1.29, 1.82) is 0 Å². The number of nitrogens with one attached hydrogen (secondary N) is 2. The van der Waals surface area contributed by atoms with Crippen molar-refractivity contribution in [3.8, 4) is 0 Å². The molecule has 1 aromatic carbocycles. The molecule has 2 aromatic rings. The number of fused-ring (bicyclic) bond motifs is 1. The van der Waals surface area contributed by atoms with Crippen LogP contribution in [0.5, 0.6) is 0 Å². The van der Waals surface area contributed by atoms with Crippen molar-refractivity contribution in [3.05, 3.63) is 39.5 Å². The fourth-order valence-electron chi connectivity index (χ4n) is 5.20. The number of halogens is 2. The van der Waals surface area contributed by atoms with Gasteiger partial charge in [0.05, 0.1) is 43.2 Å². The van der Waals surface area contributed by atoms with Gasteiger partial charge in [-0.15, -0.1) is 4.68 Å². The molecule has 1 aliphatic heterocycles. The summed E-state index contributed by atoms with van der Waals surface area (Å²) in [5, 5.41) is 10.8. The highest BCUT2D eigenvalue weighted by Gasteiger charge is 2.54. The van der Waals surface area contributed by atoms with E-state index in [1.165, 1.54) is 0 Å². The molecular formula is C25H33Cl2N5O4Si. The van der Waals surface area contributed by atoms with E-state index in [1.54, 1.807) is 30.0 Å². The Morgan fingerprint density at radius 2 is 1.81 bits per heavy atom. The van der Waals surface area contributed by atoms with E-state index in [4.69, 9.17) is 27.9 Å². The van der Waals surface area contributed by atoms with Crippen LogP contribution in [0, 0.1) is 0 Å². The lowest BCUT2D eigenvalue weighted by atomic mass is 9.83. The largest absolute Gasteiger partial charge is 0.448 e. The Morgan fingerprint density at radius 1 is 1.14 bits per heavy atom. The van der Waals surface area contributed by atoms with Crippen LogP contribution in [-0.4, -0.2) is 47.4 Å². The molecule has 2 aliphatic rings. The normalized spacial score (nSPS) is 17.6. The molecule has 12 heteroatoms. The van der Waals surface area contributed by atoms with Crippen LogP contribution in [0.1, 0.15) is 51.3 Å². The molecular weight excluding hydrogens is 533 g/mol. The molecule has 1 aromatic heterocycles. The van der Waals surface area contributed by atoms with Gasteiger partial charge in [-0.05, 0) is 51.8 Å². The van der Waals surface area contributed by atoms with Gasteiger partial charge in [0.2, 0.25) is 5.91 Å². The Kier molecular flexibility index (Phi) is 7.15. The minimum atomic E-state index is -1.87. The summed E-state index contributed by atoms with van der Waals surface area (Å²) in [4.78, 5) is 41.5. The molecule has 0 radical (unpaired) electrons. The highest BCUT2D eigenvalue weighted by molar-refractivity contribution is 6.83. The second kappa shape index (κ2) is 9.63. The summed E-state index contributed by atoms with van der Waals surface area (Å²) in [6.07, 6.45) is 1.97. The SMILES string of the molecule is CCOC(=O)n1nc2c(c1NC(=O)C1([Si](C)(C)C)CCC1)CN(C(=O)Nc1cc(Cl)ccc1Cl)C2(C)C. The average molecular weight is 567 g/mol. The van der Waals surface area contributed by atoms with Crippen LogP contribution in [0.15, 0.2) is 18.2 Å². The third-order valence-electron chi connectivity index (χ3n) is 7.72. The molecule has 0 unspecified atom stereocenters. The number of hydrogen-bond acceptors (Lipinski definition) is 5. The fraction of sp³-hybridized carbons (Fsp3) is 0.520. The van der Waals surface area contributed by atoms with Crippen LogP contribution in [0.2, 0.25) is 34.7 Å². The lowest BCUT2D eigenvalue weighted by Gasteiger charge is -2.48. The van der Waals surface area contributed by atoms with Crippen molar-refractivity contribution in [1.82, 2.24) is 14.7 Å². The van der Waals surface area contributed by atoms with Gasteiger partial charge >= 0.3 is 12.1 Å². The van der Waals surface area contributed by atoms with Gasteiger partial charge in [-0.25, -0.2) is 9.59 Å². The van der Waals surface area contributed by atoms with Gasteiger partial charge in [-0.3, -0.25) is 4.79 Å². The van der Waals surface area contributed by atoms with Crippen LogP contribution >= 0.6 is 23.2 Å². The molecule has 1 fully saturated rings. The maximum atomic E-state index is 13.7. The van der Waals surface area contributed by atoms with Crippen molar-refractivity contribution in [2.75, 3.05) is 17.2 Å². The summed E-state index contributed by atoms with van der Waals surface area (Å²) in [7, 11) is -1.87. The number of rotatable bonds is 5. The molecule has 4 rings (SSSR count). The van der Waals surface area contributed by atoms with Crippen LogP contribution < -0.4 is 10.6 Å². The average Bonchev–Trinajstić information content (AvgIpc) is 3.23. The number of amides is 3. The third kappa shape index (κ3) is 4.63. The van der Waals surface area contributed by atoms with E-state index < -0.39 is 30.8 Å². The van der Waals surface area contributed by atoms with Gasteiger partial charge in [0, 0.05) is 15.6 Å². The molecule has 1 saturated carbocycles. The number of hydrogen-bond donors (Lipinski definition) is 2. The van der Waals surface area contributed by atoms with Gasteiger partial charge in [-0.2, -0.15) is 5.10 Å². The van der Waals surface area contributed by atoms with Crippen molar-refractivity contribution < 1.29 is 19.1 Å². The number of nitrogens with zero attached hydrogens (tertiary/aromatic N) is 3. The standard InChI is InChI=1S/C25H33Cl2N5O4Si/c1-7-36-23(35)32-20(29-21(33)25(11-8-12-25)37(4,5)6)16-14-31(24(2,3)19(16)30-32)22(34)28-18-13-15(26)9-10-17(18)27/h9-10,13H,7-8,11-12,14H2,1-6H3,(H,28,34)(H,29,33). The number of carbonyl (C=O) groups is 3. The molecule has 0 bridgehead atoms. The topological polar surface area (TPSA) is 106 Å². The van der Waals surface area contributed by atoms with Crippen molar-refractivity contribution in [2.24, 2.45) is 0 Å². The van der Waals surface area contributed by atoms with Gasteiger partial charge in [0.15, 0.2) is 0 Å². The van der Waals surface area contributed by atoms with Crippen LogP contribution in [0.4, 0.5) is 21.1 Å². The van der Waals surface area contributed by atoms with E-state index in [-0.39, 0.29) is 24.9 Å². The first-order valence-electron chi connectivity index (χ1n) is 12.4. The number of anilines is 2. The zero-order chi connectivity index (χ0) is 27.3. The van der Waals surface area contributed by atoms with E-state index in [0.29, 0.717) is 27.0 Å². The van der Waals surface area contributed by atoms with Gasteiger partial charge < -0.3 is 20.3 Å². The second-order valence-corrected chi connectivity index (χ2v) is 17.4. The van der Waals surface area contributed by atoms with E-state index in [0.717, 1.165) is 23.9 Å². The lowest BCUT2D eigenvalue weighted by Crippen LogP contribution is -2.52. The highest BCUT2D eigenvalue weighted by Crippen LogP contribution is 2.56. The highest BCUT2D eigenvalue weighted by atomic mass is 35.5. The predicted molar refractivity (Wildman–Crippen MR) is 147 cm³/mol. The van der Waals surface area contributed by atoms with Crippen LogP contribution in [0.25, 0.3) is 0 Å². The molecule has 2 heterocycles.